The van der Waals surface area contributed by atoms with Gasteiger partial charge in [0.1, 0.15) is 0 Å². The van der Waals surface area contributed by atoms with Gasteiger partial charge in [-0.2, -0.15) is 0 Å². The summed E-state index contributed by atoms with van der Waals surface area (Å²) in [5.41, 5.74) is 0. The van der Waals surface area contributed by atoms with Gasteiger partial charge >= 0.3 is 0 Å². The summed E-state index contributed by atoms with van der Waals surface area (Å²) in [5.74, 6) is 1.62. The van der Waals surface area contributed by atoms with E-state index in [0.717, 1.165) is 38.5 Å². The monoisotopic (exact) mass is 254 g/mol. The van der Waals surface area contributed by atoms with E-state index < -0.39 is 0 Å². The third-order valence-corrected chi connectivity index (χ3v) is 5.37. The molecule has 2 fully saturated rings. The van der Waals surface area contributed by atoms with E-state index >= 15 is 0 Å². The van der Waals surface area contributed by atoms with Crippen LogP contribution in [0.15, 0.2) is 0 Å². The Morgan fingerprint density at radius 3 is 2.17 bits per heavy atom. The molecular formula is C16H30O2. The van der Waals surface area contributed by atoms with Gasteiger partial charge in [0.25, 0.3) is 0 Å². The summed E-state index contributed by atoms with van der Waals surface area (Å²) >= 11 is 0. The van der Waals surface area contributed by atoms with Gasteiger partial charge in [0.2, 0.25) is 0 Å². The summed E-state index contributed by atoms with van der Waals surface area (Å²) in [5, 5.41) is 21.2. The van der Waals surface area contributed by atoms with Crippen LogP contribution in [-0.4, -0.2) is 22.4 Å². The van der Waals surface area contributed by atoms with E-state index in [1.807, 2.05) is 0 Å². The van der Waals surface area contributed by atoms with Gasteiger partial charge in [-0.15, -0.1) is 0 Å². The van der Waals surface area contributed by atoms with E-state index in [1.165, 1.54) is 12.8 Å². The zero-order chi connectivity index (χ0) is 13.1. The maximum Gasteiger partial charge on any atom is 0.0624 e. The Balaban J connectivity index is 2.07. The van der Waals surface area contributed by atoms with Gasteiger partial charge in [-0.05, 0) is 49.9 Å². The second kappa shape index (κ2) is 6.38. The maximum absolute atomic E-state index is 10.6. The molecule has 2 nitrogen and oxygen atoms in total. The number of aliphatic hydroxyl groups excluding tert-OH is 2. The van der Waals surface area contributed by atoms with E-state index in [1.54, 1.807) is 0 Å². The molecule has 0 heterocycles. The third-order valence-electron chi connectivity index (χ3n) is 5.37. The lowest BCUT2D eigenvalue weighted by Gasteiger charge is -2.30. The average molecular weight is 254 g/mol. The van der Waals surface area contributed by atoms with Crippen LogP contribution >= 0.6 is 0 Å². The molecule has 18 heavy (non-hydrogen) atoms. The van der Waals surface area contributed by atoms with Gasteiger partial charge in [-0.1, -0.05) is 33.1 Å². The molecule has 0 saturated heterocycles. The van der Waals surface area contributed by atoms with Crippen LogP contribution in [0.1, 0.15) is 65.2 Å². The third kappa shape index (κ3) is 2.75. The van der Waals surface area contributed by atoms with Crippen molar-refractivity contribution in [1.82, 2.24) is 0 Å². The van der Waals surface area contributed by atoms with E-state index in [0.29, 0.717) is 17.8 Å². The van der Waals surface area contributed by atoms with E-state index in [4.69, 9.17) is 0 Å². The Morgan fingerprint density at radius 2 is 1.50 bits per heavy atom. The number of fused-ring (bicyclic) bond motifs is 1. The van der Waals surface area contributed by atoms with E-state index in [-0.39, 0.29) is 18.1 Å². The number of aliphatic hydroxyl groups is 2. The Hall–Kier alpha value is -0.0800. The van der Waals surface area contributed by atoms with Crippen molar-refractivity contribution in [1.29, 1.82) is 0 Å². The predicted octanol–water partition coefficient (Wildman–Crippen LogP) is 3.36. The van der Waals surface area contributed by atoms with E-state index in [2.05, 4.69) is 13.8 Å². The lowest BCUT2D eigenvalue weighted by molar-refractivity contribution is -0.0272. The van der Waals surface area contributed by atoms with Crippen molar-refractivity contribution in [3.63, 3.8) is 0 Å². The van der Waals surface area contributed by atoms with Gasteiger partial charge in [-0.25, -0.2) is 0 Å². The van der Waals surface area contributed by atoms with Crippen molar-refractivity contribution in [3.05, 3.63) is 0 Å². The largest absolute Gasteiger partial charge is 0.392 e. The smallest absolute Gasteiger partial charge is 0.0624 e. The SMILES string of the molecule is CCC[C@H]1CCCC2C[C@H](CCC)C(O)C2C1O. The van der Waals surface area contributed by atoms with Crippen LogP contribution in [0.3, 0.4) is 0 Å². The lowest BCUT2D eigenvalue weighted by atomic mass is 9.82. The van der Waals surface area contributed by atoms with Gasteiger partial charge in [0, 0.05) is 5.92 Å². The van der Waals surface area contributed by atoms with Crippen LogP contribution < -0.4 is 0 Å². The number of hydrogen-bond donors (Lipinski definition) is 2. The van der Waals surface area contributed by atoms with Crippen LogP contribution in [-0.2, 0) is 0 Å². The predicted molar refractivity (Wildman–Crippen MR) is 74.3 cm³/mol. The molecule has 2 aliphatic carbocycles. The molecule has 2 heteroatoms. The van der Waals surface area contributed by atoms with Crippen molar-refractivity contribution in [2.75, 3.05) is 0 Å². The summed E-state index contributed by atoms with van der Waals surface area (Å²) in [6, 6.07) is 0. The molecule has 2 aliphatic rings. The topological polar surface area (TPSA) is 40.5 Å². The van der Waals surface area contributed by atoms with Crippen molar-refractivity contribution in [3.8, 4) is 0 Å². The van der Waals surface area contributed by atoms with Gasteiger partial charge < -0.3 is 10.2 Å². The molecule has 2 rings (SSSR count). The van der Waals surface area contributed by atoms with Crippen molar-refractivity contribution >= 4 is 0 Å². The molecule has 0 aliphatic heterocycles. The van der Waals surface area contributed by atoms with Crippen LogP contribution in [0.5, 0.6) is 0 Å². The fraction of sp³-hybridized carbons (Fsp3) is 1.00. The molecule has 106 valence electrons. The first kappa shape index (κ1) is 14.3. The highest BCUT2D eigenvalue weighted by atomic mass is 16.3. The Labute approximate surface area is 112 Å². The Kier molecular flexibility index (Phi) is 5.08. The first-order valence-corrected chi connectivity index (χ1v) is 8.05. The summed E-state index contributed by atoms with van der Waals surface area (Å²) in [6.45, 7) is 4.39. The molecule has 0 aromatic carbocycles. The minimum Gasteiger partial charge on any atom is -0.392 e. The second-order valence-corrected chi connectivity index (χ2v) is 6.58. The second-order valence-electron chi connectivity index (χ2n) is 6.58. The number of rotatable bonds is 4. The van der Waals surface area contributed by atoms with Crippen LogP contribution in [0.2, 0.25) is 0 Å². The fourth-order valence-corrected chi connectivity index (χ4v) is 4.54. The molecule has 2 saturated carbocycles. The highest BCUT2D eigenvalue weighted by Gasteiger charge is 2.47. The van der Waals surface area contributed by atoms with Crippen molar-refractivity contribution in [2.24, 2.45) is 23.7 Å². The zero-order valence-corrected chi connectivity index (χ0v) is 12.0. The van der Waals surface area contributed by atoms with Crippen molar-refractivity contribution < 1.29 is 10.2 Å². The molecule has 0 spiro atoms. The highest BCUT2D eigenvalue weighted by Crippen LogP contribution is 2.47. The average Bonchev–Trinajstić information content (AvgIpc) is 2.56. The Bertz CT molecular complexity index is 253. The molecule has 0 radical (unpaired) electrons. The molecule has 0 aromatic rings. The quantitative estimate of drug-likeness (QED) is 0.807. The molecule has 0 aromatic heterocycles. The van der Waals surface area contributed by atoms with Gasteiger partial charge in [0.15, 0.2) is 0 Å². The fourth-order valence-electron chi connectivity index (χ4n) is 4.54. The van der Waals surface area contributed by atoms with Crippen molar-refractivity contribution in [2.45, 2.75) is 77.4 Å². The van der Waals surface area contributed by atoms with Crippen LogP contribution in [0, 0.1) is 23.7 Å². The normalized spacial score (nSPS) is 44.7. The minimum atomic E-state index is -0.255. The highest BCUT2D eigenvalue weighted by molar-refractivity contribution is 4.97. The number of hydrogen-bond acceptors (Lipinski definition) is 2. The van der Waals surface area contributed by atoms with Crippen LogP contribution in [0.4, 0.5) is 0 Å². The van der Waals surface area contributed by atoms with Gasteiger partial charge in [-0.3, -0.25) is 0 Å². The van der Waals surface area contributed by atoms with Gasteiger partial charge in [0.05, 0.1) is 12.2 Å². The molecule has 2 N–H and O–H groups in total. The molecule has 4 unspecified atom stereocenters. The lowest BCUT2D eigenvalue weighted by Crippen LogP contribution is -2.37. The summed E-state index contributed by atoms with van der Waals surface area (Å²) in [4.78, 5) is 0. The summed E-state index contributed by atoms with van der Waals surface area (Å²) in [6.07, 6.45) is 8.81. The van der Waals surface area contributed by atoms with E-state index in [9.17, 15) is 10.2 Å². The molecule has 0 bridgehead atoms. The van der Waals surface area contributed by atoms with Crippen LogP contribution in [0.25, 0.3) is 0 Å². The first-order chi connectivity index (χ1) is 8.69. The minimum absolute atomic E-state index is 0.167. The molecule has 0 amide bonds. The molecular weight excluding hydrogens is 224 g/mol. The first-order valence-electron chi connectivity index (χ1n) is 8.05. The standard InChI is InChI=1S/C16H30O2/c1-3-6-11-8-5-9-12-10-13(7-4-2)16(18)14(12)15(11)17/h11-18H,3-10H2,1-2H3/t11-,12?,13-,14?,15?,16?/m0/s1. The zero-order valence-electron chi connectivity index (χ0n) is 12.0. The Morgan fingerprint density at radius 1 is 0.889 bits per heavy atom. The summed E-state index contributed by atoms with van der Waals surface area (Å²) < 4.78 is 0. The summed E-state index contributed by atoms with van der Waals surface area (Å²) in [7, 11) is 0. The molecule has 6 atom stereocenters. The maximum atomic E-state index is 10.6.